The Labute approximate surface area is 113 Å². The van der Waals surface area contributed by atoms with E-state index >= 15 is 0 Å². The number of hydrogen-bond acceptors (Lipinski definition) is 4. The van der Waals surface area contributed by atoms with Crippen molar-refractivity contribution in [3.05, 3.63) is 5.82 Å². The van der Waals surface area contributed by atoms with E-state index in [1.54, 1.807) is 0 Å². The Morgan fingerprint density at radius 2 is 1.95 bits per heavy atom. The van der Waals surface area contributed by atoms with Crippen LogP contribution < -0.4 is 0 Å². The molecule has 19 heavy (non-hydrogen) atoms. The molecule has 0 atom stereocenters. The zero-order valence-electron chi connectivity index (χ0n) is 11.7. The van der Waals surface area contributed by atoms with Crippen molar-refractivity contribution in [1.29, 1.82) is 0 Å². The molecule has 0 bridgehead atoms. The first-order valence-electron chi connectivity index (χ1n) is 6.44. The van der Waals surface area contributed by atoms with E-state index in [0.717, 1.165) is 0 Å². The lowest BCUT2D eigenvalue weighted by atomic mass is 10.4. The Bertz CT molecular complexity index is 495. The van der Waals surface area contributed by atoms with E-state index in [9.17, 15) is 12.3 Å². The van der Waals surface area contributed by atoms with Crippen LogP contribution in [0.5, 0.6) is 0 Å². The van der Waals surface area contributed by atoms with Crippen LogP contribution in [-0.2, 0) is 10.2 Å². The Morgan fingerprint density at radius 1 is 1.37 bits per heavy atom. The third kappa shape index (κ3) is 5.23. The number of H-pyrrole nitrogens is 1. The zero-order chi connectivity index (χ0) is 14.5. The summed E-state index contributed by atoms with van der Waals surface area (Å²) >= 11 is 0. The fourth-order valence-corrected chi connectivity index (χ4v) is 2.69. The van der Waals surface area contributed by atoms with Crippen LogP contribution in [0, 0.1) is 6.92 Å². The van der Waals surface area contributed by atoms with Crippen LogP contribution in [0.25, 0.3) is 0 Å². The summed E-state index contributed by atoms with van der Waals surface area (Å²) in [5, 5.41) is 4.47. The highest BCUT2D eigenvalue weighted by molar-refractivity contribution is 7.86. The van der Waals surface area contributed by atoms with Crippen molar-refractivity contribution in [2.75, 3.05) is 26.7 Å². The van der Waals surface area contributed by atoms with E-state index < -0.39 is 15.4 Å². The average Bonchev–Trinajstić information content (AvgIpc) is 2.88. The number of hydrogen-bond donors (Lipinski definition) is 1. The first kappa shape index (κ1) is 16.0. The molecule has 1 N–H and O–H groups in total. The normalized spacial score (nSPS) is 17.9. The summed E-state index contributed by atoms with van der Waals surface area (Å²) in [6.07, 6.45) is 4.25. The predicted molar refractivity (Wildman–Crippen MR) is 69.7 cm³/mol. The average molecular weight is 293 g/mol. The minimum absolute atomic E-state index is 0.260. The molecule has 1 aromatic heterocycles. The van der Waals surface area contributed by atoms with Gasteiger partial charge in [-0.25, -0.2) is 4.98 Å². The molecule has 1 fully saturated rings. The van der Waals surface area contributed by atoms with Crippen LogP contribution in [0.4, 0.5) is 3.89 Å². The van der Waals surface area contributed by atoms with Crippen molar-refractivity contribution < 1.29 is 16.8 Å². The molecule has 0 saturated carbocycles. The van der Waals surface area contributed by atoms with E-state index in [-0.39, 0.29) is 5.82 Å². The second-order valence-electron chi connectivity index (χ2n) is 5.14. The second kappa shape index (κ2) is 6.42. The smallest absolute Gasteiger partial charge is 0.326 e. The topological polar surface area (TPSA) is 75.7 Å². The third-order valence-corrected chi connectivity index (χ3v) is 3.82. The van der Waals surface area contributed by atoms with Gasteiger partial charge < -0.3 is 4.48 Å². The molecule has 0 aliphatic carbocycles. The van der Waals surface area contributed by atoms with Gasteiger partial charge in [-0.15, -0.1) is 5.10 Å². The van der Waals surface area contributed by atoms with E-state index in [4.69, 9.17) is 0 Å². The summed E-state index contributed by atoms with van der Waals surface area (Å²) in [6, 6.07) is 0. The van der Waals surface area contributed by atoms with Crippen LogP contribution in [0.2, 0.25) is 0 Å². The van der Waals surface area contributed by atoms with Gasteiger partial charge in [-0.1, -0.05) is 10.8 Å². The van der Waals surface area contributed by atoms with Crippen molar-refractivity contribution in [3.63, 3.8) is 0 Å². The quantitative estimate of drug-likeness (QED) is 0.675. The van der Waals surface area contributed by atoms with Crippen LogP contribution in [0.15, 0.2) is 5.16 Å². The third-order valence-electron chi connectivity index (χ3n) is 3.20. The lowest BCUT2D eigenvalue weighted by molar-refractivity contribution is -0.897. The van der Waals surface area contributed by atoms with Crippen LogP contribution in [-0.4, -0.2) is 54.8 Å². The lowest BCUT2D eigenvalue weighted by Crippen LogP contribution is -2.41. The van der Waals surface area contributed by atoms with Gasteiger partial charge in [0.25, 0.3) is 5.16 Å². The Kier molecular flexibility index (Phi) is 5.42. The number of aromatic amines is 1. The molecule has 1 saturated heterocycles. The standard InChI is InChI=1S/C8H18N.C3H4FN3O2S/c1-3-6-9(2)7-4-5-8-9;1-2-5-3(7-6-2)10(4,8)9/h3-8H2,1-2H3;1H3,(H,5,6,7)/q+1;. The van der Waals surface area contributed by atoms with Gasteiger partial charge in [0.2, 0.25) is 0 Å². The summed E-state index contributed by atoms with van der Waals surface area (Å²) in [4.78, 5) is 3.25. The van der Waals surface area contributed by atoms with E-state index in [1.165, 1.54) is 50.3 Å². The highest BCUT2D eigenvalue weighted by Crippen LogP contribution is 2.15. The number of aryl methyl sites for hydroxylation is 1. The lowest BCUT2D eigenvalue weighted by Gasteiger charge is -2.28. The van der Waals surface area contributed by atoms with E-state index in [2.05, 4.69) is 29.2 Å². The highest BCUT2D eigenvalue weighted by atomic mass is 32.3. The summed E-state index contributed by atoms with van der Waals surface area (Å²) in [6.45, 7) is 7.99. The van der Waals surface area contributed by atoms with Crippen molar-refractivity contribution in [2.45, 2.75) is 38.3 Å². The number of halogens is 1. The van der Waals surface area contributed by atoms with Crippen molar-refractivity contribution in [2.24, 2.45) is 0 Å². The van der Waals surface area contributed by atoms with Crippen molar-refractivity contribution >= 4 is 10.2 Å². The summed E-state index contributed by atoms with van der Waals surface area (Å²) in [5.41, 5.74) is 0. The van der Waals surface area contributed by atoms with Crippen molar-refractivity contribution in [1.82, 2.24) is 15.2 Å². The number of rotatable bonds is 3. The molecule has 2 heterocycles. The van der Waals surface area contributed by atoms with Gasteiger partial charge >= 0.3 is 10.2 Å². The maximum absolute atomic E-state index is 12.0. The van der Waals surface area contributed by atoms with Gasteiger partial charge in [-0.05, 0) is 13.3 Å². The Balaban J connectivity index is 0.000000191. The maximum atomic E-state index is 12.0. The molecule has 8 heteroatoms. The molecule has 0 aromatic carbocycles. The number of aromatic nitrogens is 3. The first-order valence-corrected chi connectivity index (χ1v) is 7.82. The molecule has 1 aromatic rings. The number of nitrogens with one attached hydrogen (secondary N) is 1. The predicted octanol–water partition coefficient (Wildman–Crippen LogP) is 1.41. The van der Waals surface area contributed by atoms with Gasteiger partial charge in [0.1, 0.15) is 5.82 Å². The molecule has 0 radical (unpaired) electrons. The molecule has 0 spiro atoms. The van der Waals surface area contributed by atoms with Gasteiger partial charge in [-0.2, -0.15) is 8.42 Å². The van der Waals surface area contributed by atoms with Gasteiger partial charge in [0.15, 0.2) is 0 Å². The SMILES string of the molecule is CCC[N+]1(C)CCCC1.Cc1nc(S(=O)(=O)F)n[nH]1. The van der Waals surface area contributed by atoms with E-state index in [0.29, 0.717) is 0 Å². The van der Waals surface area contributed by atoms with Crippen LogP contribution in [0.1, 0.15) is 32.0 Å². The molecular formula is C11H22FN4O2S+. The second-order valence-corrected chi connectivity index (χ2v) is 6.38. The molecule has 1 aliphatic heterocycles. The molecule has 110 valence electrons. The summed E-state index contributed by atoms with van der Waals surface area (Å²) in [5.74, 6) is 0.260. The maximum Gasteiger partial charge on any atom is 0.369 e. The highest BCUT2D eigenvalue weighted by Gasteiger charge is 2.24. The fourth-order valence-electron chi connectivity index (χ4n) is 2.29. The fraction of sp³-hybridized carbons (Fsp3) is 0.818. The molecular weight excluding hydrogens is 271 g/mol. The Morgan fingerprint density at radius 3 is 2.26 bits per heavy atom. The Hall–Kier alpha value is -1.02. The minimum Gasteiger partial charge on any atom is -0.326 e. The first-order chi connectivity index (χ1) is 8.77. The molecule has 0 unspecified atom stereocenters. The van der Waals surface area contributed by atoms with Crippen LogP contribution in [0.3, 0.4) is 0 Å². The number of likely N-dealkylation sites (tertiary alicyclic amines) is 1. The summed E-state index contributed by atoms with van der Waals surface area (Å²) < 4.78 is 33.4. The molecule has 1 aliphatic rings. The van der Waals surface area contributed by atoms with Gasteiger partial charge in [-0.3, -0.25) is 5.10 Å². The minimum atomic E-state index is -4.74. The number of nitrogens with zero attached hydrogens (tertiary/aromatic N) is 3. The van der Waals surface area contributed by atoms with Gasteiger partial charge in [0.05, 0.1) is 26.7 Å². The van der Waals surface area contributed by atoms with Gasteiger partial charge in [0, 0.05) is 12.8 Å². The van der Waals surface area contributed by atoms with Crippen molar-refractivity contribution in [3.8, 4) is 0 Å². The zero-order valence-corrected chi connectivity index (χ0v) is 12.5. The monoisotopic (exact) mass is 293 g/mol. The van der Waals surface area contributed by atoms with Crippen LogP contribution >= 0.6 is 0 Å². The van der Waals surface area contributed by atoms with E-state index in [1.807, 2.05) is 0 Å². The summed E-state index contributed by atoms with van der Waals surface area (Å²) in [7, 11) is -2.35. The molecule has 0 amide bonds. The largest absolute Gasteiger partial charge is 0.369 e. The molecule has 2 rings (SSSR count). The molecule has 6 nitrogen and oxygen atoms in total. The number of quaternary nitrogens is 1.